The first kappa shape index (κ1) is 16.8. The average Bonchev–Trinajstić information content (AvgIpc) is 2.60. The molecule has 5 nitrogen and oxygen atoms in total. The number of fused-ring (bicyclic) bond motifs is 1. The lowest BCUT2D eigenvalue weighted by Gasteiger charge is -2.36. The smallest absolute Gasteiger partial charge is 0.262 e. The van der Waals surface area contributed by atoms with Gasteiger partial charge in [-0.2, -0.15) is 0 Å². The van der Waals surface area contributed by atoms with Crippen LogP contribution >= 0.6 is 0 Å². The molecule has 1 fully saturated rings. The van der Waals surface area contributed by atoms with Crippen LogP contribution in [0.15, 0.2) is 36.4 Å². The maximum atomic E-state index is 13.8. The Morgan fingerprint density at radius 1 is 1.27 bits per heavy atom. The van der Waals surface area contributed by atoms with Gasteiger partial charge < -0.3 is 20.1 Å². The van der Waals surface area contributed by atoms with Gasteiger partial charge in [0.25, 0.3) is 5.91 Å². The monoisotopic (exact) mass is 356 g/mol. The van der Waals surface area contributed by atoms with Crippen molar-refractivity contribution in [1.29, 1.82) is 0 Å². The van der Waals surface area contributed by atoms with Gasteiger partial charge in [-0.1, -0.05) is 12.1 Å². The third kappa shape index (κ3) is 3.37. The number of nitrogens with one attached hydrogen (secondary N) is 2. The first-order valence-corrected chi connectivity index (χ1v) is 8.75. The molecule has 0 aromatic heterocycles. The number of halogens is 1. The van der Waals surface area contributed by atoms with E-state index < -0.39 is 0 Å². The lowest BCUT2D eigenvalue weighted by atomic mass is 9.76. The van der Waals surface area contributed by atoms with Gasteiger partial charge in [0.1, 0.15) is 5.75 Å². The van der Waals surface area contributed by atoms with E-state index >= 15 is 0 Å². The van der Waals surface area contributed by atoms with Crippen molar-refractivity contribution in [3.8, 4) is 11.5 Å². The standard InChI is InChI=1S/C20H21FN2O3/c1-25-18-5-3-13(9-16(18)21)14-7-15(8-14)22-10-12-2-4-19-17(6-12)23-20(24)11-26-19/h2-6,9,14-15,22H,7-8,10-11H2,1H3,(H,23,24). The second-order valence-corrected chi connectivity index (χ2v) is 6.81. The van der Waals surface area contributed by atoms with Gasteiger partial charge in [-0.3, -0.25) is 4.79 Å². The molecule has 0 bridgehead atoms. The number of amides is 1. The second-order valence-electron chi connectivity index (χ2n) is 6.81. The summed E-state index contributed by atoms with van der Waals surface area (Å²) in [7, 11) is 1.47. The number of hydrogen-bond acceptors (Lipinski definition) is 4. The minimum absolute atomic E-state index is 0.0695. The molecule has 0 atom stereocenters. The average molecular weight is 356 g/mol. The van der Waals surface area contributed by atoms with Crippen LogP contribution in [0.5, 0.6) is 11.5 Å². The van der Waals surface area contributed by atoms with E-state index in [0.717, 1.165) is 36.2 Å². The van der Waals surface area contributed by atoms with E-state index in [2.05, 4.69) is 10.6 Å². The normalized spacial score (nSPS) is 21.2. The van der Waals surface area contributed by atoms with Crippen molar-refractivity contribution in [2.75, 3.05) is 19.0 Å². The van der Waals surface area contributed by atoms with Gasteiger partial charge in [0.05, 0.1) is 12.8 Å². The number of methoxy groups -OCH3 is 1. The van der Waals surface area contributed by atoms with Gasteiger partial charge in [0, 0.05) is 12.6 Å². The summed E-state index contributed by atoms with van der Waals surface area (Å²) in [5, 5.41) is 6.34. The topological polar surface area (TPSA) is 59.6 Å². The maximum absolute atomic E-state index is 13.8. The first-order chi connectivity index (χ1) is 12.6. The van der Waals surface area contributed by atoms with Crippen molar-refractivity contribution in [1.82, 2.24) is 5.32 Å². The molecule has 0 unspecified atom stereocenters. The van der Waals surface area contributed by atoms with Crippen molar-refractivity contribution in [3.63, 3.8) is 0 Å². The van der Waals surface area contributed by atoms with Crippen LogP contribution in [-0.2, 0) is 11.3 Å². The summed E-state index contributed by atoms with van der Waals surface area (Å²) in [5.74, 6) is 0.935. The largest absolute Gasteiger partial charge is 0.494 e. The summed E-state index contributed by atoms with van der Waals surface area (Å²) < 4.78 is 24.2. The predicted octanol–water partition coefficient (Wildman–Crippen LogP) is 3.20. The molecule has 2 N–H and O–H groups in total. The van der Waals surface area contributed by atoms with Gasteiger partial charge >= 0.3 is 0 Å². The Labute approximate surface area is 151 Å². The van der Waals surface area contributed by atoms with Gasteiger partial charge in [-0.05, 0) is 54.2 Å². The number of benzene rings is 2. The molecule has 0 spiro atoms. The summed E-state index contributed by atoms with van der Waals surface area (Å²) in [5.41, 5.74) is 2.84. The zero-order valence-corrected chi connectivity index (χ0v) is 14.5. The van der Waals surface area contributed by atoms with E-state index in [4.69, 9.17) is 9.47 Å². The molecule has 0 radical (unpaired) electrons. The van der Waals surface area contributed by atoms with E-state index in [0.29, 0.717) is 17.7 Å². The minimum Gasteiger partial charge on any atom is -0.494 e. The molecular weight excluding hydrogens is 335 g/mol. The van der Waals surface area contributed by atoms with Gasteiger partial charge in [0.2, 0.25) is 0 Å². The molecule has 1 heterocycles. The fourth-order valence-electron chi connectivity index (χ4n) is 3.50. The molecule has 2 aromatic rings. The maximum Gasteiger partial charge on any atom is 0.262 e. The quantitative estimate of drug-likeness (QED) is 0.864. The molecule has 2 aromatic carbocycles. The minimum atomic E-state index is -0.306. The highest BCUT2D eigenvalue weighted by atomic mass is 19.1. The van der Waals surface area contributed by atoms with Crippen LogP contribution in [0.1, 0.15) is 29.9 Å². The van der Waals surface area contributed by atoms with E-state index in [9.17, 15) is 9.18 Å². The molecule has 1 aliphatic carbocycles. The summed E-state index contributed by atoms with van der Waals surface area (Å²) in [6.07, 6.45) is 1.97. The van der Waals surface area contributed by atoms with Crippen LogP contribution in [0.3, 0.4) is 0 Å². The second kappa shape index (κ2) is 6.96. The third-order valence-electron chi connectivity index (χ3n) is 5.06. The summed E-state index contributed by atoms with van der Waals surface area (Å²) in [4.78, 5) is 11.4. The van der Waals surface area contributed by atoms with Crippen LogP contribution in [-0.4, -0.2) is 25.7 Å². The Balaban J connectivity index is 1.30. The number of rotatable bonds is 5. The molecule has 1 aliphatic heterocycles. The third-order valence-corrected chi connectivity index (χ3v) is 5.06. The van der Waals surface area contributed by atoms with Crippen molar-refractivity contribution in [2.45, 2.75) is 31.3 Å². The Hall–Kier alpha value is -2.60. The van der Waals surface area contributed by atoms with E-state index in [-0.39, 0.29) is 24.1 Å². The molecule has 136 valence electrons. The van der Waals surface area contributed by atoms with E-state index in [1.165, 1.54) is 7.11 Å². The van der Waals surface area contributed by atoms with Crippen LogP contribution in [0.4, 0.5) is 10.1 Å². The lowest BCUT2D eigenvalue weighted by molar-refractivity contribution is -0.118. The molecule has 26 heavy (non-hydrogen) atoms. The van der Waals surface area contributed by atoms with Crippen LogP contribution in [0, 0.1) is 5.82 Å². The van der Waals surface area contributed by atoms with Crippen LogP contribution in [0.25, 0.3) is 0 Å². The Kier molecular flexibility index (Phi) is 4.51. The number of hydrogen-bond donors (Lipinski definition) is 2. The van der Waals surface area contributed by atoms with Gasteiger partial charge in [-0.15, -0.1) is 0 Å². The van der Waals surface area contributed by atoms with Crippen molar-refractivity contribution in [3.05, 3.63) is 53.3 Å². The number of ether oxygens (including phenoxy) is 2. The van der Waals surface area contributed by atoms with Crippen molar-refractivity contribution >= 4 is 11.6 Å². The zero-order chi connectivity index (χ0) is 18.1. The molecular formula is C20H21FN2O3. The summed E-state index contributed by atoms with van der Waals surface area (Å²) >= 11 is 0. The Morgan fingerprint density at radius 3 is 2.88 bits per heavy atom. The molecule has 0 saturated heterocycles. The molecule has 1 saturated carbocycles. The van der Waals surface area contributed by atoms with Gasteiger partial charge in [0.15, 0.2) is 18.2 Å². The predicted molar refractivity (Wildman–Crippen MR) is 96.1 cm³/mol. The molecule has 1 amide bonds. The van der Waals surface area contributed by atoms with Crippen LogP contribution in [0.2, 0.25) is 0 Å². The highest BCUT2D eigenvalue weighted by Crippen LogP contribution is 2.38. The fraction of sp³-hybridized carbons (Fsp3) is 0.350. The number of anilines is 1. The highest BCUT2D eigenvalue weighted by Gasteiger charge is 2.30. The van der Waals surface area contributed by atoms with Gasteiger partial charge in [-0.25, -0.2) is 4.39 Å². The molecule has 2 aliphatic rings. The summed E-state index contributed by atoms with van der Waals surface area (Å²) in [6, 6.07) is 11.4. The number of carbonyl (C=O) groups excluding carboxylic acids is 1. The van der Waals surface area contributed by atoms with Crippen molar-refractivity contribution in [2.24, 2.45) is 0 Å². The number of carbonyl (C=O) groups is 1. The van der Waals surface area contributed by atoms with E-state index in [1.807, 2.05) is 24.3 Å². The molecule has 4 rings (SSSR count). The van der Waals surface area contributed by atoms with Crippen LogP contribution < -0.4 is 20.1 Å². The van der Waals surface area contributed by atoms with E-state index in [1.54, 1.807) is 12.1 Å². The Morgan fingerprint density at radius 2 is 2.12 bits per heavy atom. The zero-order valence-electron chi connectivity index (χ0n) is 14.5. The van der Waals surface area contributed by atoms with Crippen molar-refractivity contribution < 1.29 is 18.7 Å². The summed E-state index contributed by atoms with van der Waals surface area (Å²) in [6.45, 7) is 0.789. The first-order valence-electron chi connectivity index (χ1n) is 8.75. The molecule has 6 heteroatoms. The fourth-order valence-corrected chi connectivity index (χ4v) is 3.50. The Bertz CT molecular complexity index is 834. The lowest BCUT2D eigenvalue weighted by Crippen LogP contribution is -2.39. The SMILES string of the molecule is COc1ccc(C2CC(NCc3ccc4c(c3)NC(=O)CO4)C2)cc1F. The highest BCUT2D eigenvalue weighted by molar-refractivity contribution is 5.95.